The summed E-state index contributed by atoms with van der Waals surface area (Å²) in [6, 6.07) is 17.0. The van der Waals surface area contributed by atoms with E-state index in [1.54, 1.807) is 61.5 Å². The molecule has 1 saturated carbocycles. The molecule has 11 heteroatoms. The van der Waals surface area contributed by atoms with Gasteiger partial charge in [0.1, 0.15) is 18.3 Å². The Hall–Kier alpha value is -3.27. The molecule has 0 heterocycles. The summed E-state index contributed by atoms with van der Waals surface area (Å²) >= 11 is 12.6. The smallest absolute Gasteiger partial charge is 0.264 e. The van der Waals surface area contributed by atoms with Gasteiger partial charge in [0.25, 0.3) is 10.0 Å². The third kappa shape index (κ3) is 7.38. The number of nitrogens with one attached hydrogen (secondary N) is 1. The molecular weight excluding hydrogens is 597 g/mol. The lowest BCUT2D eigenvalue weighted by atomic mass is 10.1. The number of rotatable bonds is 11. The number of carbonyl (C=O) groups is 2. The molecule has 1 aliphatic rings. The van der Waals surface area contributed by atoms with Gasteiger partial charge in [0.15, 0.2) is 0 Å². The molecule has 1 fully saturated rings. The molecule has 0 radical (unpaired) electrons. The van der Waals surface area contributed by atoms with Crippen LogP contribution in [0.25, 0.3) is 0 Å². The van der Waals surface area contributed by atoms with Gasteiger partial charge in [-0.05, 0) is 74.2 Å². The minimum absolute atomic E-state index is 0.0145. The second kappa shape index (κ2) is 13.8. The molecule has 2 amide bonds. The lowest BCUT2D eigenvalue weighted by Gasteiger charge is -2.33. The average Bonchev–Trinajstić information content (AvgIpc) is 3.48. The van der Waals surface area contributed by atoms with E-state index in [4.69, 9.17) is 27.9 Å². The highest BCUT2D eigenvalue weighted by atomic mass is 35.5. The molecule has 1 N–H and O–H groups in total. The van der Waals surface area contributed by atoms with Gasteiger partial charge in [-0.3, -0.25) is 13.9 Å². The Kier molecular flexibility index (Phi) is 10.4. The fourth-order valence-electron chi connectivity index (χ4n) is 5.04. The van der Waals surface area contributed by atoms with Crippen LogP contribution in [-0.4, -0.2) is 50.9 Å². The second-order valence-electron chi connectivity index (χ2n) is 10.4. The summed E-state index contributed by atoms with van der Waals surface area (Å²) in [6.07, 6.45) is 3.83. The standard InChI is InChI=1S/C31H35Cl2N3O5S/c1-21-13-16-29(41-3)28(17-21)36(42(39,40)26-11-5-4-6-12-26)20-30(37)35(19-23-14-15-24(32)18-27(23)33)22(2)31(38)34-25-9-7-8-10-25/h4-6,11-18,22,25H,7-10,19-20H2,1-3H3,(H,34,38)/t22-/m0/s1. The normalized spacial score (nSPS) is 14.3. The van der Waals surface area contributed by atoms with Gasteiger partial charge in [0.2, 0.25) is 11.8 Å². The van der Waals surface area contributed by atoms with Crippen LogP contribution in [0.1, 0.15) is 43.7 Å². The number of anilines is 1. The van der Waals surface area contributed by atoms with Crippen LogP contribution in [0.4, 0.5) is 5.69 Å². The van der Waals surface area contributed by atoms with Gasteiger partial charge >= 0.3 is 0 Å². The first kappa shape index (κ1) is 31.7. The van der Waals surface area contributed by atoms with Crippen LogP contribution < -0.4 is 14.4 Å². The summed E-state index contributed by atoms with van der Waals surface area (Å²) in [6.45, 7) is 2.85. The zero-order valence-electron chi connectivity index (χ0n) is 23.8. The Morgan fingerprint density at radius 3 is 2.36 bits per heavy atom. The second-order valence-corrected chi connectivity index (χ2v) is 13.1. The number of sulfonamides is 1. The van der Waals surface area contributed by atoms with Gasteiger partial charge in [-0.15, -0.1) is 0 Å². The van der Waals surface area contributed by atoms with Crippen molar-refractivity contribution in [2.45, 2.75) is 63.1 Å². The van der Waals surface area contributed by atoms with Crippen LogP contribution in [-0.2, 0) is 26.2 Å². The van der Waals surface area contributed by atoms with Gasteiger partial charge in [-0.25, -0.2) is 8.42 Å². The van der Waals surface area contributed by atoms with Crippen molar-refractivity contribution in [3.05, 3.63) is 87.9 Å². The van der Waals surface area contributed by atoms with E-state index in [1.165, 1.54) is 24.1 Å². The third-order valence-electron chi connectivity index (χ3n) is 7.44. The molecule has 0 unspecified atom stereocenters. The van der Waals surface area contributed by atoms with Crippen molar-refractivity contribution in [2.75, 3.05) is 18.0 Å². The quantitative estimate of drug-likeness (QED) is 0.281. The van der Waals surface area contributed by atoms with Crippen molar-refractivity contribution in [1.29, 1.82) is 0 Å². The van der Waals surface area contributed by atoms with Crippen molar-refractivity contribution < 1.29 is 22.7 Å². The number of hydrogen-bond donors (Lipinski definition) is 1. The molecule has 1 atom stereocenters. The highest BCUT2D eigenvalue weighted by Gasteiger charge is 2.34. The number of ether oxygens (including phenoxy) is 1. The average molecular weight is 633 g/mol. The molecule has 0 saturated heterocycles. The molecule has 1 aliphatic carbocycles. The van der Waals surface area contributed by atoms with Crippen molar-refractivity contribution in [2.24, 2.45) is 0 Å². The van der Waals surface area contributed by atoms with Gasteiger partial charge in [0, 0.05) is 22.6 Å². The van der Waals surface area contributed by atoms with E-state index < -0.39 is 28.5 Å². The van der Waals surface area contributed by atoms with E-state index in [-0.39, 0.29) is 34.8 Å². The van der Waals surface area contributed by atoms with Gasteiger partial charge < -0.3 is 15.0 Å². The fraction of sp³-hybridized carbons (Fsp3) is 0.355. The number of methoxy groups -OCH3 is 1. The predicted molar refractivity (Wildman–Crippen MR) is 166 cm³/mol. The van der Waals surface area contributed by atoms with Crippen LogP contribution in [0.5, 0.6) is 5.75 Å². The number of carbonyl (C=O) groups excluding carboxylic acids is 2. The maximum atomic E-state index is 14.2. The highest BCUT2D eigenvalue weighted by Crippen LogP contribution is 2.34. The van der Waals surface area contributed by atoms with Crippen LogP contribution in [0.2, 0.25) is 10.0 Å². The monoisotopic (exact) mass is 631 g/mol. The summed E-state index contributed by atoms with van der Waals surface area (Å²) in [7, 11) is -2.78. The summed E-state index contributed by atoms with van der Waals surface area (Å²) in [5.41, 5.74) is 1.56. The summed E-state index contributed by atoms with van der Waals surface area (Å²) < 4.78 is 34.6. The third-order valence-corrected chi connectivity index (χ3v) is 9.80. The van der Waals surface area contributed by atoms with Gasteiger partial charge in [-0.1, -0.05) is 66.4 Å². The van der Waals surface area contributed by atoms with E-state index in [9.17, 15) is 18.0 Å². The molecule has 42 heavy (non-hydrogen) atoms. The van der Waals surface area contributed by atoms with Crippen LogP contribution in [0.15, 0.2) is 71.6 Å². The summed E-state index contributed by atoms with van der Waals surface area (Å²) in [4.78, 5) is 28.9. The van der Waals surface area contributed by atoms with E-state index in [1.807, 2.05) is 6.92 Å². The van der Waals surface area contributed by atoms with Crippen LogP contribution >= 0.6 is 23.2 Å². The molecule has 3 aromatic rings. The van der Waals surface area contributed by atoms with Crippen molar-refractivity contribution in [3.63, 3.8) is 0 Å². The largest absolute Gasteiger partial charge is 0.495 e. The van der Waals surface area contributed by atoms with E-state index >= 15 is 0 Å². The first-order chi connectivity index (χ1) is 20.0. The SMILES string of the molecule is COc1ccc(C)cc1N(CC(=O)N(Cc1ccc(Cl)cc1Cl)[C@@H](C)C(=O)NC1CCCC1)S(=O)(=O)c1ccccc1. The maximum absolute atomic E-state index is 14.2. The van der Waals surface area contributed by atoms with E-state index in [2.05, 4.69) is 5.32 Å². The Labute approximate surface area is 257 Å². The number of halogens is 2. The molecule has 0 bridgehead atoms. The van der Waals surface area contributed by atoms with Crippen LogP contribution in [0, 0.1) is 6.92 Å². The van der Waals surface area contributed by atoms with E-state index in [0.717, 1.165) is 35.6 Å². The molecule has 8 nitrogen and oxygen atoms in total. The lowest BCUT2D eigenvalue weighted by molar-refractivity contribution is -0.139. The van der Waals surface area contributed by atoms with Gasteiger partial charge in [0.05, 0.1) is 17.7 Å². The predicted octanol–water partition coefficient (Wildman–Crippen LogP) is 5.98. The molecule has 4 rings (SSSR count). The topological polar surface area (TPSA) is 96.0 Å². The first-order valence-electron chi connectivity index (χ1n) is 13.8. The fourth-order valence-corrected chi connectivity index (χ4v) is 6.94. The lowest BCUT2D eigenvalue weighted by Crippen LogP contribution is -2.52. The summed E-state index contributed by atoms with van der Waals surface area (Å²) in [5.74, 6) is -0.615. The van der Waals surface area contributed by atoms with E-state index in [0.29, 0.717) is 15.6 Å². The van der Waals surface area contributed by atoms with Gasteiger partial charge in [-0.2, -0.15) is 0 Å². The first-order valence-corrected chi connectivity index (χ1v) is 16.0. The molecular formula is C31H35Cl2N3O5S. The number of nitrogens with zero attached hydrogens (tertiary/aromatic N) is 2. The van der Waals surface area contributed by atoms with Crippen molar-refractivity contribution in [3.8, 4) is 5.75 Å². The minimum Gasteiger partial charge on any atom is -0.495 e. The zero-order valence-corrected chi connectivity index (χ0v) is 26.2. The van der Waals surface area contributed by atoms with Crippen molar-refractivity contribution in [1.82, 2.24) is 10.2 Å². The Morgan fingerprint density at radius 1 is 1.02 bits per heavy atom. The number of amides is 2. The Balaban J connectivity index is 1.75. The number of benzene rings is 3. The van der Waals surface area contributed by atoms with Crippen molar-refractivity contribution >= 4 is 50.7 Å². The molecule has 0 aliphatic heterocycles. The number of hydrogen-bond acceptors (Lipinski definition) is 5. The molecule has 0 spiro atoms. The maximum Gasteiger partial charge on any atom is 0.264 e. The summed E-state index contributed by atoms with van der Waals surface area (Å²) in [5, 5.41) is 3.81. The minimum atomic E-state index is -4.22. The van der Waals surface area contributed by atoms with Crippen LogP contribution in [0.3, 0.4) is 0 Å². The Bertz CT molecular complexity index is 1530. The number of aryl methyl sites for hydroxylation is 1. The molecule has 0 aromatic heterocycles. The molecule has 224 valence electrons. The molecule has 3 aromatic carbocycles. The highest BCUT2D eigenvalue weighted by molar-refractivity contribution is 7.92. The Morgan fingerprint density at radius 2 is 1.71 bits per heavy atom. The zero-order chi connectivity index (χ0) is 30.4.